The van der Waals surface area contributed by atoms with Gasteiger partial charge in [-0.05, 0) is 19.3 Å². The summed E-state index contributed by atoms with van der Waals surface area (Å²) in [7, 11) is 0. The second kappa shape index (κ2) is 3.92. The van der Waals surface area contributed by atoms with Crippen molar-refractivity contribution >= 4 is 5.91 Å². The number of aliphatic hydroxyl groups excluding tert-OH is 1. The highest BCUT2D eigenvalue weighted by molar-refractivity contribution is 5.73. The fourth-order valence-corrected chi connectivity index (χ4v) is 1.89. The van der Waals surface area contributed by atoms with Crippen molar-refractivity contribution in [1.82, 2.24) is 5.32 Å². The Hall–Kier alpha value is -0.830. The molecule has 1 aliphatic carbocycles. The van der Waals surface area contributed by atoms with Crippen LogP contribution in [0, 0.1) is 5.92 Å². The number of hydrogen-bond donors (Lipinski definition) is 2. The Labute approximate surface area is 78.8 Å². The van der Waals surface area contributed by atoms with E-state index in [9.17, 15) is 9.90 Å². The van der Waals surface area contributed by atoms with E-state index < -0.39 is 6.10 Å². The predicted octanol–water partition coefficient (Wildman–Crippen LogP) is 0.838. The van der Waals surface area contributed by atoms with Crippen LogP contribution in [0.3, 0.4) is 0 Å². The van der Waals surface area contributed by atoms with Crippen LogP contribution in [-0.4, -0.2) is 23.2 Å². The second-order valence-electron chi connectivity index (χ2n) is 3.87. The minimum Gasteiger partial charge on any atom is -0.391 e. The van der Waals surface area contributed by atoms with E-state index in [1.54, 1.807) is 0 Å². The van der Waals surface area contributed by atoms with Gasteiger partial charge < -0.3 is 10.4 Å². The predicted molar refractivity (Wildman–Crippen MR) is 51.1 cm³/mol. The molecule has 2 N–H and O–H groups in total. The quantitative estimate of drug-likeness (QED) is 0.592. The van der Waals surface area contributed by atoms with Crippen molar-refractivity contribution in [3.05, 3.63) is 11.6 Å². The summed E-state index contributed by atoms with van der Waals surface area (Å²) >= 11 is 0. The molecular formula is C10H17NO2. The van der Waals surface area contributed by atoms with E-state index in [1.165, 1.54) is 12.5 Å². The van der Waals surface area contributed by atoms with Gasteiger partial charge in [-0.25, -0.2) is 0 Å². The summed E-state index contributed by atoms with van der Waals surface area (Å²) in [5, 5.41) is 12.5. The number of nitrogens with one attached hydrogen (secondary N) is 1. The van der Waals surface area contributed by atoms with Crippen LogP contribution < -0.4 is 5.32 Å². The molecule has 0 spiro atoms. The Kier molecular flexibility index (Phi) is 3.09. The molecule has 13 heavy (non-hydrogen) atoms. The molecule has 0 saturated carbocycles. The lowest BCUT2D eigenvalue weighted by atomic mass is 9.85. The van der Waals surface area contributed by atoms with Gasteiger partial charge in [0.1, 0.15) is 0 Å². The van der Waals surface area contributed by atoms with Gasteiger partial charge in [-0.1, -0.05) is 18.6 Å². The number of amides is 1. The van der Waals surface area contributed by atoms with Gasteiger partial charge in [-0.2, -0.15) is 0 Å². The van der Waals surface area contributed by atoms with Crippen LogP contribution in [0.2, 0.25) is 0 Å². The van der Waals surface area contributed by atoms with Gasteiger partial charge in [0.15, 0.2) is 0 Å². The molecular weight excluding hydrogens is 166 g/mol. The van der Waals surface area contributed by atoms with E-state index in [2.05, 4.69) is 11.4 Å². The van der Waals surface area contributed by atoms with Crippen molar-refractivity contribution in [2.75, 3.05) is 0 Å². The van der Waals surface area contributed by atoms with Gasteiger partial charge >= 0.3 is 0 Å². The fourth-order valence-electron chi connectivity index (χ4n) is 1.89. The minimum absolute atomic E-state index is 0.0798. The molecule has 0 bridgehead atoms. The highest BCUT2D eigenvalue weighted by Crippen LogP contribution is 2.23. The molecule has 0 aliphatic heterocycles. The lowest BCUT2D eigenvalue weighted by Gasteiger charge is -2.32. The number of rotatable bonds is 1. The molecule has 0 aromatic rings. The Balaban J connectivity index is 2.68. The van der Waals surface area contributed by atoms with Gasteiger partial charge in [0, 0.05) is 6.92 Å². The van der Waals surface area contributed by atoms with Gasteiger partial charge in [-0.3, -0.25) is 4.79 Å². The van der Waals surface area contributed by atoms with Crippen LogP contribution in [0.5, 0.6) is 0 Å². The first-order valence-corrected chi connectivity index (χ1v) is 4.63. The zero-order valence-corrected chi connectivity index (χ0v) is 8.37. The molecule has 3 nitrogen and oxygen atoms in total. The summed E-state index contributed by atoms with van der Waals surface area (Å²) in [5.41, 5.74) is 1.20. The van der Waals surface area contributed by atoms with Gasteiger partial charge in [0.25, 0.3) is 0 Å². The molecule has 0 heterocycles. The first-order chi connectivity index (χ1) is 6.00. The van der Waals surface area contributed by atoms with Crippen LogP contribution in [0.1, 0.15) is 27.2 Å². The molecule has 0 saturated heterocycles. The molecule has 1 aliphatic rings. The van der Waals surface area contributed by atoms with E-state index in [0.717, 1.165) is 0 Å². The molecule has 1 amide bonds. The van der Waals surface area contributed by atoms with E-state index >= 15 is 0 Å². The van der Waals surface area contributed by atoms with E-state index in [-0.39, 0.29) is 17.9 Å². The first kappa shape index (κ1) is 10.3. The fraction of sp³-hybridized carbons (Fsp3) is 0.700. The third kappa shape index (κ3) is 2.56. The molecule has 3 heteroatoms. The lowest BCUT2D eigenvalue weighted by Crippen LogP contribution is -2.48. The van der Waals surface area contributed by atoms with Crippen LogP contribution in [0.4, 0.5) is 0 Å². The van der Waals surface area contributed by atoms with Crippen LogP contribution in [-0.2, 0) is 4.79 Å². The van der Waals surface area contributed by atoms with Crippen molar-refractivity contribution in [3.8, 4) is 0 Å². The van der Waals surface area contributed by atoms with Crippen molar-refractivity contribution in [2.24, 2.45) is 5.92 Å². The third-order valence-corrected chi connectivity index (χ3v) is 2.43. The summed E-state index contributed by atoms with van der Waals surface area (Å²) < 4.78 is 0. The van der Waals surface area contributed by atoms with Gasteiger partial charge in [0.2, 0.25) is 5.91 Å². The normalized spacial score (nSPS) is 33.8. The SMILES string of the molecule is CC(=O)NC1C(O)CC(C)=C[C@@H]1C. The van der Waals surface area contributed by atoms with Gasteiger partial charge in [0.05, 0.1) is 12.1 Å². The summed E-state index contributed by atoms with van der Waals surface area (Å²) in [6, 6.07) is -0.124. The standard InChI is InChI=1S/C10H17NO2/c1-6-4-7(2)10(9(13)5-6)11-8(3)12/h4,7,9-10,13H,5H2,1-3H3,(H,11,12)/t7-,9?,10?/m0/s1. The monoisotopic (exact) mass is 183 g/mol. The smallest absolute Gasteiger partial charge is 0.217 e. The molecule has 2 unspecified atom stereocenters. The maximum Gasteiger partial charge on any atom is 0.217 e. The number of hydrogen-bond acceptors (Lipinski definition) is 2. The maximum atomic E-state index is 10.8. The Morgan fingerprint density at radius 3 is 2.77 bits per heavy atom. The minimum atomic E-state index is -0.441. The third-order valence-electron chi connectivity index (χ3n) is 2.43. The van der Waals surface area contributed by atoms with Crippen molar-refractivity contribution < 1.29 is 9.90 Å². The number of aliphatic hydroxyl groups is 1. The maximum absolute atomic E-state index is 10.8. The molecule has 0 radical (unpaired) electrons. The summed E-state index contributed by atoms with van der Waals surface area (Å²) in [6.45, 7) is 5.49. The second-order valence-corrected chi connectivity index (χ2v) is 3.87. The summed E-state index contributed by atoms with van der Waals surface area (Å²) in [6.07, 6.45) is 2.33. The largest absolute Gasteiger partial charge is 0.391 e. The zero-order valence-electron chi connectivity index (χ0n) is 8.37. The molecule has 0 aromatic carbocycles. The Morgan fingerprint density at radius 2 is 2.31 bits per heavy atom. The lowest BCUT2D eigenvalue weighted by molar-refractivity contribution is -0.121. The molecule has 3 atom stereocenters. The van der Waals surface area contributed by atoms with E-state index in [1.807, 2.05) is 13.8 Å². The average Bonchev–Trinajstić information content (AvgIpc) is 1.96. The molecule has 74 valence electrons. The summed E-state index contributed by atoms with van der Waals surface area (Å²) in [4.78, 5) is 10.8. The highest BCUT2D eigenvalue weighted by atomic mass is 16.3. The molecule has 0 aromatic heterocycles. The van der Waals surface area contributed by atoms with Crippen LogP contribution >= 0.6 is 0 Å². The molecule has 1 rings (SSSR count). The first-order valence-electron chi connectivity index (χ1n) is 4.63. The van der Waals surface area contributed by atoms with Crippen LogP contribution in [0.15, 0.2) is 11.6 Å². The Bertz CT molecular complexity index is 235. The van der Waals surface area contributed by atoms with Crippen LogP contribution in [0.25, 0.3) is 0 Å². The van der Waals surface area contributed by atoms with Crippen molar-refractivity contribution in [2.45, 2.75) is 39.3 Å². The van der Waals surface area contributed by atoms with Gasteiger partial charge in [-0.15, -0.1) is 0 Å². The highest BCUT2D eigenvalue weighted by Gasteiger charge is 2.28. The van der Waals surface area contributed by atoms with E-state index in [0.29, 0.717) is 6.42 Å². The number of carbonyl (C=O) groups is 1. The van der Waals surface area contributed by atoms with Crippen molar-refractivity contribution in [3.63, 3.8) is 0 Å². The summed E-state index contributed by atoms with van der Waals surface area (Å²) in [5.74, 6) is 0.136. The zero-order chi connectivity index (χ0) is 10.0. The Morgan fingerprint density at radius 1 is 1.69 bits per heavy atom. The average molecular weight is 183 g/mol. The topological polar surface area (TPSA) is 49.3 Å². The number of carbonyl (C=O) groups excluding carboxylic acids is 1. The van der Waals surface area contributed by atoms with Crippen molar-refractivity contribution in [1.29, 1.82) is 0 Å². The molecule has 0 fully saturated rings. The van der Waals surface area contributed by atoms with E-state index in [4.69, 9.17) is 0 Å².